The van der Waals surface area contributed by atoms with Gasteiger partial charge in [0.15, 0.2) is 23.2 Å². The number of halogens is 1. The third-order valence-electron chi connectivity index (χ3n) is 15.1. The number of azide groups is 1. The lowest BCUT2D eigenvalue weighted by Gasteiger charge is -2.38. The molecule has 3 aliphatic heterocycles. The second-order valence-corrected chi connectivity index (χ2v) is 21.7. The number of cyclic esters (lactones) is 1. The molecule has 0 saturated carbocycles. The maximum atomic E-state index is 15.5. The summed E-state index contributed by atoms with van der Waals surface area (Å²) in [6.07, 6.45) is -9.71. The van der Waals surface area contributed by atoms with Crippen LogP contribution in [0.4, 0.5) is 4.39 Å². The van der Waals surface area contributed by atoms with E-state index in [9.17, 15) is 57.9 Å². The molecule has 6 N–H and O–H groups in total. The minimum Gasteiger partial charge on any atom is -0.479 e. The maximum absolute atomic E-state index is 15.5. The minimum atomic E-state index is -5.14. The Morgan fingerprint density at radius 3 is 2.36 bits per heavy atom. The standard InChI is InChI=1S/C56H61FN8O21S/c1-5-56(75)36-23-40-45-34(25-65(40)52(71)35(36)27-81-55(56)74)44-38(12-11-33-28(2)37(57)24-39(60-45)43(33)44)61-50(69)29(3)62-82-26-30-6-9-32(10-7-30)85-87(76,77)86-42-22-31(8-13-41(42)83-54-48(68)46(66)47(67)49(84-54)53(72)73)51(70)64(4)15-17-79-19-21-80-20-18-78-16-14-59-63-58/h6-10,13,22-24,38,46-49,54,66-68,75H,5,11-12,14-21,25-27H2,1-4H3,(H,61,69)(H,72,73)/b62-29-/t38-,46-,47-,48+,49-,54?,56-/m0/s1. The topological polar surface area (TPSA) is 398 Å². The lowest BCUT2D eigenvalue weighted by Crippen LogP contribution is -2.61. The average Bonchev–Trinajstić information content (AvgIpc) is 1.69. The van der Waals surface area contributed by atoms with Gasteiger partial charge in [0.05, 0.1) is 74.7 Å². The Morgan fingerprint density at radius 1 is 0.943 bits per heavy atom. The zero-order valence-electron chi connectivity index (χ0n) is 47.2. The van der Waals surface area contributed by atoms with Crippen LogP contribution in [0.15, 0.2) is 69.7 Å². The average molecular weight is 1230 g/mol. The number of carbonyl (C=O) groups excluding carboxylic acids is 3. The first-order valence-electron chi connectivity index (χ1n) is 27.3. The molecule has 1 saturated heterocycles. The van der Waals surface area contributed by atoms with Crippen molar-refractivity contribution in [1.29, 1.82) is 0 Å². The van der Waals surface area contributed by atoms with Gasteiger partial charge in [0, 0.05) is 53.2 Å². The summed E-state index contributed by atoms with van der Waals surface area (Å²) in [5.74, 6) is -5.91. The van der Waals surface area contributed by atoms with Gasteiger partial charge >= 0.3 is 22.3 Å². The highest BCUT2D eigenvalue weighted by atomic mass is 32.3. The number of aliphatic hydroxyl groups is 4. The summed E-state index contributed by atoms with van der Waals surface area (Å²) in [7, 11) is -3.70. The van der Waals surface area contributed by atoms with Gasteiger partial charge in [-0.15, -0.1) is 8.42 Å². The number of benzene rings is 3. The molecule has 31 heteroatoms. The Hall–Kier alpha value is -8.36. The van der Waals surface area contributed by atoms with E-state index in [0.717, 1.165) is 12.1 Å². The number of likely N-dealkylation sites (N-methyl/N-ethyl adjacent to an activating group) is 1. The van der Waals surface area contributed by atoms with E-state index < -0.39 is 99.4 Å². The van der Waals surface area contributed by atoms with Crippen LogP contribution in [-0.2, 0) is 85.1 Å². The monoisotopic (exact) mass is 1230 g/mol. The number of fused-ring (bicyclic) bond motifs is 5. The number of carboxylic acid groups (broad SMARTS) is 1. The fraction of sp³-hybridized carbons (Fsp3) is 0.446. The van der Waals surface area contributed by atoms with Crippen molar-refractivity contribution in [1.82, 2.24) is 19.8 Å². The Bertz CT molecular complexity index is 3750. The third kappa shape index (κ3) is 13.5. The van der Waals surface area contributed by atoms with Gasteiger partial charge in [-0.05, 0) is 97.3 Å². The first-order valence-corrected chi connectivity index (χ1v) is 28.6. The van der Waals surface area contributed by atoms with Crippen molar-refractivity contribution in [2.45, 2.75) is 102 Å². The van der Waals surface area contributed by atoms with Gasteiger partial charge in [-0.3, -0.25) is 14.4 Å². The number of aryl methyl sites for hydroxylation is 1. The Morgan fingerprint density at radius 2 is 1.66 bits per heavy atom. The summed E-state index contributed by atoms with van der Waals surface area (Å²) in [5.41, 5.74) is 9.42. The number of nitrogens with zero attached hydrogens (tertiary/aromatic N) is 7. The number of aliphatic hydroxyl groups excluding tert-OH is 3. The van der Waals surface area contributed by atoms with Crippen LogP contribution in [0, 0.1) is 12.7 Å². The lowest BCUT2D eigenvalue weighted by molar-refractivity contribution is -0.271. The van der Waals surface area contributed by atoms with Gasteiger partial charge in [-0.2, -0.15) is 0 Å². The SMILES string of the molecule is CC[C@@]1(O)C(=O)OCc2c1cc1n(c2=O)Cc2c-1nc1cc(F)c(C)c3c1c2[C@@H](NC(=O)/C(C)=N\OCc1ccc(OS(=O)(=O)Oc2cc(C(=O)N(C)CCOCCOCCOCCN=[N+]=[N-])ccc2OC2O[C@H](C(=O)O)[C@@H](O)[C@H](O)[C@H]2O)cc1)CC3. The van der Waals surface area contributed by atoms with E-state index >= 15 is 4.39 Å². The molecule has 87 heavy (non-hydrogen) atoms. The van der Waals surface area contributed by atoms with Crippen molar-refractivity contribution in [2.24, 2.45) is 10.3 Å². The number of oxime groups is 1. The van der Waals surface area contributed by atoms with E-state index in [1.165, 1.54) is 59.8 Å². The van der Waals surface area contributed by atoms with Crippen LogP contribution in [0.25, 0.3) is 32.7 Å². The molecule has 0 bridgehead atoms. The van der Waals surface area contributed by atoms with Crippen LogP contribution < -0.4 is 24.0 Å². The number of rotatable bonds is 26. The molecule has 2 amide bonds. The first kappa shape index (κ1) is 63.2. The highest BCUT2D eigenvalue weighted by Crippen LogP contribution is 2.46. The fourth-order valence-corrected chi connectivity index (χ4v) is 11.1. The van der Waals surface area contributed by atoms with E-state index in [0.29, 0.717) is 57.4 Å². The number of amides is 2. The molecule has 0 spiro atoms. The Labute approximate surface area is 494 Å². The molecule has 0 radical (unpaired) electrons. The Balaban J connectivity index is 0.847. The van der Waals surface area contributed by atoms with Gasteiger partial charge < -0.3 is 81.9 Å². The summed E-state index contributed by atoms with van der Waals surface area (Å²) in [5, 5.41) is 63.3. The third-order valence-corrected chi connectivity index (χ3v) is 15.8. The fourth-order valence-electron chi connectivity index (χ4n) is 10.4. The van der Waals surface area contributed by atoms with Crippen LogP contribution in [0.3, 0.4) is 0 Å². The summed E-state index contributed by atoms with van der Waals surface area (Å²) in [6, 6.07) is 10.7. The van der Waals surface area contributed by atoms with E-state index in [4.69, 9.17) is 52.1 Å². The van der Waals surface area contributed by atoms with Crippen molar-refractivity contribution >= 4 is 50.8 Å². The van der Waals surface area contributed by atoms with Gasteiger partial charge in [0.2, 0.25) is 6.29 Å². The second-order valence-electron chi connectivity index (χ2n) is 20.6. The number of aliphatic carboxylic acids is 1. The van der Waals surface area contributed by atoms with Crippen molar-refractivity contribution < 1.29 is 99.1 Å². The number of esters is 1. The number of ether oxygens (including phenoxy) is 6. The van der Waals surface area contributed by atoms with E-state index in [2.05, 4.69) is 20.5 Å². The lowest BCUT2D eigenvalue weighted by atomic mass is 9.81. The molecule has 1 fully saturated rings. The van der Waals surface area contributed by atoms with Crippen LogP contribution in [0.5, 0.6) is 17.2 Å². The number of hydrogen-bond donors (Lipinski definition) is 6. The molecule has 4 aliphatic rings. The molecule has 9 rings (SSSR count). The Kier molecular flexibility index (Phi) is 19.4. The predicted molar refractivity (Wildman–Crippen MR) is 298 cm³/mol. The van der Waals surface area contributed by atoms with Crippen molar-refractivity contribution in [3.05, 3.63) is 126 Å². The molecule has 7 atom stereocenters. The largest absolute Gasteiger partial charge is 0.501 e. The summed E-state index contributed by atoms with van der Waals surface area (Å²) >= 11 is 0. The molecular weight excluding hydrogens is 1170 g/mol. The van der Waals surface area contributed by atoms with Crippen LogP contribution >= 0.6 is 0 Å². The van der Waals surface area contributed by atoms with E-state index in [1.807, 2.05) is 0 Å². The molecular formula is C56H61FN8O21S. The van der Waals surface area contributed by atoms with Crippen molar-refractivity contribution in [3.63, 3.8) is 0 Å². The zero-order valence-corrected chi connectivity index (χ0v) is 48.1. The zero-order chi connectivity index (χ0) is 62.5. The number of carboxylic acids is 1. The van der Waals surface area contributed by atoms with Crippen molar-refractivity contribution in [2.75, 3.05) is 59.8 Å². The summed E-state index contributed by atoms with van der Waals surface area (Å²) in [4.78, 5) is 80.4. The number of pyridine rings is 2. The number of hydrogen-bond acceptors (Lipinski definition) is 23. The molecule has 2 aromatic heterocycles. The molecule has 29 nitrogen and oxygen atoms in total. The number of nitrogens with one attached hydrogen (secondary N) is 1. The van der Waals surface area contributed by atoms with Crippen molar-refractivity contribution in [3.8, 4) is 28.6 Å². The highest BCUT2D eigenvalue weighted by molar-refractivity contribution is 7.82. The van der Waals surface area contributed by atoms with Gasteiger partial charge in [-0.1, -0.05) is 29.3 Å². The summed E-state index contributed by atoms with van der Waals surface area (Å²) in [6.45, 7) is 5.60. The van der Waals surface area contributed by atoms with Gasteiger partial charge in [-0.25, -0.2) is 19.0 Å². The number of aromatic nitrogens is 2. The maximum Gasteiger partial charge on any atom is 0.501 e. The quantitative estimate of drug-likeness (QED) is 0.00864. The van der Waals surface area contributed by atoms with Crippen LogP contribution in [-0.4, -0.2) is 168 Å². The summed E-state index contributed by atoms with van der Waals surface area (Å²) < 4.78 is 86.8. The smallest absolute Gasteiger partial charge is 0.479 e. The molecule has 1 unspecified atom stereocenters. The molecule has 5 aromatic rings. The molecule has 5 heterocycles. The van der Waals surface area contributed by atoms with Gasteiger partial charge in [0.1, 0.15) is 48.8 Å². The first-order chi connectivity index (χ1) is 41.5. The molecule has 1 aliphatic carbocycles. The van der Waals surface area contributed by atoms with E-state index in [1.54, 1.807) is 19.9 Å². The predicted octanol–water partition coefficient (Wildman–Crippen LogP) is 2.63. The minimum absolute atomic E-state index is 0.0259. The van der Waals surface area contributed by atoms with Crippen LogP contribution in [0.2, 0.25) is 0 Å². The van der Waals surface area contributed by atoms with Crippen LogP contribution in [0.1, 0.15) is 82.0 Å². The second kappa shape index (κ2) is 26.7. The van der Waals surface area contributed by atoms with Gasteiger partial charge in [0.25, 0.3) is 17.4 Å². The molecule has 464 valence electrons. The number of carbonyl (C=O) groups is 4. The highest BCUT2D eigenvalue weighted by Gasteiger charge is 2.49. The normalized spacial score (nSPS) is 21.2. The van der Waals surface area contributed by atoms with E-state index in [-0.39, 0.29) is 113 Å². The molecule has 3 aromatic carbocycles.